The molecule has 18 heavy (non-hydrogen) atoms. The molecule has 2 amide bonds. The van der Waals surface area contributed by atoms with Gasteiger partial charge in [-0.05, 0) is 39.2 Å². The molecule has 0 bridgehead atoms. The van der Waals surface area contributed by atoms with Gasteiger partial charge in [0, 0.05) is 12.5 Å². The highest BCUT2D eigenvalue weighted by Crippen LogP contribution is 2.30. The lowest BCUT2D eigenvalue weighted by molar-refractivity contribution is -0.131. The molecular formula is C12H24ClN3O2. The van der Waals surface area contributed by atoms with Crippen LogP contribution < -0.4 is 16.4 Å². The molecule has 1 aliphatic rings. The SMILES string of the molecule is CCNC(=O)C(C)NC(=O)[C@@H]1CCC[C@@H]1CN.Cl. The number of rotatable bonds is 5. The number of carbonyl (C=O) groups excluding carboxylic acids is 2. The van der Waals surface area contributed by atoms with E-state index in [0.29, 0.717) is 13.1 Å². The highest BCUT2D eigenvalue weighted by Gasteiger charge is 2.32. The van der Waals surface area contributed by atoms with Crippen LogP contribution in [0.1, 0.15) is 33.1 Å². The highest BCUT2D eigenvalue weighted by molar-refractivity contribution is 5.88. The molecular weight excluding hydrogens is 254 g/mol. The van der Waals surface area contributed by atoms with Crippen molar-refractivity contribution in [3.63, 3.8) is 0 Å². The Hall–Kier alpha value is -0.810. The van der Waals surface area contributed by atoms with Crippen LogP contribution in [0.25, 0.3) is 0 Å². The van der Waals surface area contributed by atoms with Gasteiger partial charge in [0.15, 0.2) is 0 Å². The topological polar surface area (TPSA) is 84.2 Å². The molecule has 0 aromatic rings. The van der Waals surface area contributed by atoms with Crippen LogP contribution in [-0.4, -0.2) is 30.9 Å². The molecule has 3 atom stereocenters. The second-order valence-electron chi connectivity index (χ2n) is 4.66. The Morgan fingerprint density at radius 3 is 2.61 bits per heavy atom. The molecule has 6 heteroatoms. The lowest BCUT2D eigenvalue weighted by Gasteiger charge is -2.20. The van der Waals surface area contributed by atoms with Crippen LogP contribution in [0.5, 0.6) is 0 Å². The summed E-state index contributed by atoms with van der Waals surface area (Å²) in [6.07, 6.45) is 2.95. The van der Waals surface area contributed by atoms with E-state index in [-0.39, 0.29) is 36.1 Å². The number of likely N-dealkylation sites (N-methyl/N-ethyl adjacent to an activating group) is 1. The summed E-state index contributed by atoms with van der Waals surface area (Å²) in [5.74, 6) is 0.0909. The summed E-state index contributed by atoms with van der Waals surface area (Å²) in [4.78, 5) is 23.5. The second-order valence-corrected chi connectivity index (χ2v) is 4.66. The molecule has 0 aliphatic heterocycles. The van der Waals surface area contributed by atoms with Crippen molar-refractivity contribution in [2.75, 3.05) is 13.1 Å². The molecule has 0 aromatic heterocycles. The molecule has 106 valence electrons. The van der Waals surface area contributed by atoms with E-state index < -0.39 is 6.04 Å². The Bertz CT molecular complexity index is 286. The van der Waals surface area contributed by atoms with Crippen molar-refractivity contribution in [2.24, 2.45) is 17.6 Å². The van der Waals surface area contributed by atoms with Crippen molar-refractivity contribution < 1.29 is 9.59 Å². The van der Waals surface area contributed by atoms with Crippen molar-refractivity contribution >= 4 is 24.2 Å². The minimum absolute atomic E-state index is 0. The van der Waals surface area contributed by atoms with E-state index >= 15 is 0 Å². The molecule has 0 radical (unpaired) electrons. The zero-order valence-electron chi connectivity index (χ0n) is 11.1. The molecule has 1 rings (SSSR count). The molecule has 0 aromatic carbocycles. The fourth-order valence-corrected chi connectivity index (χ4v) is 2.38. The maximum absolute atomic E-state index is 12.0. The van der Waals surface area contributed by atoms with Crippen LogP contribution in [0.3, 0.4) is 0 Å². The summed E-state index contributed by atoms with van der Waals surface area (Å²) in [7, 11) is 0. The van der Waals surface area contributed by atoms with Crippen LogP contribution in [0.2, 0.25) is 0 Å². The minimum Gasteiger partial charge on any atom is -0.355 e. The summed E-state index contributed by atoms with van der Waals surface area (Å²) in [5, 5.41) is 5.45. The van der Waals surface area contributed by atoms with Crippen molar-refractivity contribution in [2.45, 2.75) is 39.2 Å². The predicted molar refractivity (Wildman–Crippen MR) is 73.4 cm³/mol. The van der Waals surface area contributed by atoms with E-state index in [0.717, 1.165) is 19.3 Å². The van der Waals surface area contributed by atoms with Gasteiger partial charge in [-0.1, -0.05) is 6.42 Å². The van der Waals surface area contributed by atoms with Gasteiger partial charge in [-0.3, -0.25) is 9.59 Å². The highest BCUT2D eigenvalue weighted by atomic mass is 35.5. The maximum atomic E-state index is 12.0. The van der Waals surface area contributed by atoms with Crippen LogP contribution >= 0.6 is 12.4 Å². The Morgan fingerprint density at radius 1 is 1.39 bits per heavy atom. The van der Waals surface area contributed by atoms with Gasteiger partial charge in [-0.25, -0.2) is 0 Å². The molecule has 1 fully saturated rings. The Kier molecular flexibility index (Phi) is 7.95. The first-order valence-electron chi connectivity index (χ1n) is 6.38. The lowest BCUT2D eigenvalue weighted by atomic mass is 9.95. The van der Waals surface area contributed by atoms with Crippen molar-refractivity contribution in [1.82, 2.24) is 10.6 Å². The van der Waals surface area contributed by atoms with Gasteiger partial charge < -0.3 is 16.4 Å². The fraction of sp³-hybridized carbons (Fsp3) is 0.833. The second kappa shape index (κ2) is 8.32. The maximum Gasteiger partial charge on any atom is 0.242 e. The third kappa shape index (κ3) is 4.46. The number of carbonyl (C=O) groups is 2. The first kappa shape index (κ1) is 17.2. The van der Waals surface area contributed by atoms with Crippen LogP contribution in [0, 0.1) is 11.8 Å². The third-order valence-corrected chi connectivity index (χ3v) is 3.40. The van der Waals surface area contributed by atoms with Gasteiger partial charge in [0.2, 0.25) is 11.8 Å². The smallest absolute Gasteiger partial charge is 0.242 e. The Morgan fingerprint density at radius 2 is 2.06 bits per heavy atom. The summed E-state index contributed by atoms with van der Waals surface area (Å²) in [6, 6.07) is -0.471. The number of hydrogen-bond donors (Lipinski definition) is 3. The molecule has 4 N–H and O–H groups in total. The standard InChI is InChI=1S/C12H23N3O2.ClH/c1-3-14-11(16)8(2)15-12(17)10-6-4-5-9(10)7-13;/h8-10H,3-7,13H2,1-2H3,(H,14,16)(H,15,17);1H/t8?,9-,10-;/m1./s1. The fourth-order valence-electron chi connectivity index (χ4n) is 2.38. The van der Waals surface area contributed by atoms with Crippen molar-refractivity contribution in [1.29, 1.82) is 0 Å². The zero-order valence-corrected chi connectivity index (χ0v) is 11.9. The van der Waals surface area contributed by atoms with Crippen LogP contribution in [-0.2, 0) is 9.59 Å². The van der Waals surface area contributed by atoms with E-state index in [1.54, 1.807) is 6.92 Å². The first-order valence-corrected chi connectivity index (χ1v) is 6.38. The van der Waals surface area contributed by atoms with E-state index in [2.05, 4.69) is 10.6 Å². The lowest BCUT2D eigenvalue weighted by Crippen LogP contribution is -2.47. The zero-order chi connectivity index (χ0) is 12.8. The quantitative estimate of drug-likeness (QED) is 0.681. The minimum atomic E-state index is -0.471. The number of nitrogens with two attached hydrogens (primary N) is 1. The largest absolute Gasteiger partial charge is 0.355 e. The van der Waals surface area contributed by atoms with Crippen LogP contribution in [0.4, 0.5) is 0 Å². The van der Waals surface area contributed by atoms with E-state index in [9.17, 15) is 9.59 Å². The molecule has 1 unspecified atom stereocenters. The third-order valence-electron chi connectivity index (χ3n) is 3.40. The van der Waals surface area contributed by atoms with Crippen molar-refractivity contribution in [3.8, 4) is 0 Å². The Labute approximate surface area is 115 Å². The average molecular weight is 278 g/mol. The van der Waals surface area contributed by atoms with E-state index in [1.165, 1.54) is 0 Å². The van der Waals surface area contributed by atoms with Gasteiger partial charge in [-0.15, -0.1) is 12.4 Å². The molecule has 1 saturated carbocycles. The molecule has 5 nitrogen and oxygen atoms in total. The number of halogens is 1. The normalized spacial score (nSPS) is 23.9. The summed E-state index contributed by atoms with van der Waals surface area (Å²) in [5.41, 5.74) is 5.64. The predicted octanol–water partition coefficient (Wildman–Crippen LogP) is 0.424. The average Bonchev–Trinajstić information content (AvgIpc) is 2.77. The van der Waals surface area contributed by atoms with Gasteiger partial charge in [0.1, 0.15) is 6.04 Å². The van der Waals surface area contributed by atoms with Crippen LogP contribution in [0.15, 0.2) is 0 Å². The summed E-state index contributed by atoms with van der Waals surface area (Å²) < 4.78 is 0. The van der Waals surface area contributed by atoms with E-state index in [4.69, 9.17) is 5.73 Å². The summed E-state index contributed by atoms with van der Waals surface area (Å²) >= 11 is 0. The number of amides is 2. The summed E-state index contributed by atoms with van der Waals surface area (Å²) in [6.45, 7) is 4.69. The first-order chi connectivity index (χ1) is 8.10. The Balaban J connectivity index is 0.00000289. The van der Waals surface area contributed by atoms with Crippen molar-refractivity contribution in [3.05, 3.63) is 0 Å². The van der Waals surface area contributed by atoms with Gasteiger partial charge in [-0.2, -0.15) is 0 Å². The van der Waals surface area contributed by atoms with Gasteiger partial charge >= 0.3 is 0 Å². The van der Waals surface area contributed by atoms with E-state index in [1.807, 2.05) is 6.92 Å². The molecule has 0 saturated heterocycles. The monoisotopic (exact) mass is 277 g/mol. The van der Waals surface area contributed by atoms with Gasteiger partial charge in [0.05, 0.1) is 0 Å². The van der Waals surface area contributed by atoms with Gasteiger partial charge in [0.25, 0.3) is 0 Å². The number of nitrogens with one attached hydrogen (secondary N) is 2. The number of hydrogen-bond acceptors (Lipinski definition) is 3. The molecule has 0 spiro atoms. The molecule has 0 heterocycles. The molecule has 1 aliphatic carbocycles.